The molecular formula is C18H30N2. The highest BCUT2D eigenvalue weighted by atomic mass is 15.1. The van der Waals surface area contributed by atoms with E-state index in [1.807, 2.05) is 0 Å². The highest BCUT2D eigenvalue weighted by Gasteiger charge is 2.24. The minimum atomic E-state index is 0.481. The molecule has 0 bridgehead atoms. The summed E-state index contributed by atoms with van der Waals surface area (Å²) >= 11 is 0. The molecule has 1 aliphatic carbocycles. The third kappa shape index (κ3) is 4.60. The molecule has 0 aromatic heterocycles. The van der Waals surface area contributed by atoms with Crippen LogP contribution in [-0.2, 0) is 0 Å². The van der Waals surface area contributed by atoms with Crippen LogP contribution in [0, 0.1) is 12.8 Å². The summed E-state index contributed by atoms with van der Waals surface area (Å²) in [5, 5.41) is 3.50. The molecule has 2 heteroatoms. The summed E-state index contributed by atoms with van der Waals surface area (Å²) in [4.78, 5) is 2.67. The van der Waals surface area contributed by atoms with Crippen molar-refractivity contribution in [1.29, 1.82) is 0 Å². The normalized spacial score (nSPS) is 16.6. The molecule has 0 spiro atoms. The summed E-state index contributed by atoms with van der Waals surface area (Å²) < 4.78 is 0. The number of hydrogen-bond acceptors (Lipinski definition) is 2. The van der Waals surface area contributed by atoms with Gasteiger partial charge in [0.25, 0.3) is 0 Å². The fourth-order valence-corrected chi connectivity index (χ4v) is 3.02. The van der Waals surface area contributed by atoms with Crippen LogP contribution in [0.25, 0.3) is 0 Å². The van der Waals surface area contributed by atoms with E-state index in [2.05, 4.69) is 55.4 Å². The Morgan fingerprint density at radius 3 is 2.60 bits per heavy atom. The van der Waals surface area contributed by atoms with Crippen molar-refractivity contribution in [3.05, 3.63) is 35.4 Å². The van der Waals surface area contributed by atoms with Gasteiger partial charge in [0.1, 0.15) is 0 Å². The molecular weight excluding hydrogens is 244 g/mol. The maximum absolute atomic E-state index is 3.50. The van der Waals surface area contributed by atoms with Gasteiger partial charge in [0, 0.05) is 12.6 Å². The molecule has 112 valence electrons. The molecule has 1 aromatic carbocycles. The maximum Gasteiger partial charge on any atom is 0.0332 e. The number of rotatable bonds is 9. The van der Waals surface area contributed by atoms with Gasteiger partial charge >= 0.3 is 0 Å². The summed E-state index contributed by atoms with van der Waals surface area (Å²) in [6, 6.07) is 9.24. The highest BCUT2D eigenvalue weighted by molar-refractivity contribution is 5.28. The third-order valence-corrected chi connectivity index (χ3v) is 4.40. The first-order chi connectivity index (χ1) is 9.74. The van der Waals surface area contributed by atoms with Gasteiger partial charge in [-0.2, -0.15) is 0 Å². The molecule has 1 aromatic rings. The topological polar surface area (TPSA) is 15.3 Å². The van der Waals surface area contributed by atoms with Crippen molar-refractivity contribution in [2.75, 3.05) is 26.7 Å². The zero-order valence-corrected chi connectivity index (χ0v) is 13.4. The minimum Gasteiger partial charge on any atom is -0.313 e. The van der Waals surface area contributed by atoms with E-state index >= 15 is 0 Å². The highest BCUT2D eigenvalue weighted by Crippen LogP contribution is 2.30. The van der Waals surface area contributed by atoms with Gasteiger partial charge in [-0.15, -0.1) is 0 Å². The molecule has 1 aliphatic rings. The molecule has 1 saturated carbocycles. The smallest absolute Gasteiger partial charge is 0.0332 e. The fraction of sp³-hybridized carbons (Fsp3) is 0.667. The van der Waals surface area contributed by atoms with E-state index in [0.717, 1.165) is 5.92 Å². The predicted octanol–water partition coefficient (Wildman–Crippen LogP) is 3.77. The predicted molar refractivity (Wildman–Crippen MR) is 87.1 cm³/mol. The SMILES string of the molecule is CCCN(CCC(NC)c1ccccc1C)CC1CC1. The Morgan fingerprint density at radius 2 is 2.00 bits per heavy atom. The Kier molecular flexibility index (Phi) is 6.06. The fourth-order valence-electron chi connectivity index (χ4n) is 3.02. The van der Waals surface area contributed by atoms with E-state index in [0.29, 0.717) is 6.04 Å². The standard InChI is InChI=1S/C18H30N2/c1-4-12-20(14-16-9-10-16)13-11-18(19-3)17-8-6-5-7-15(17)2/h5-8,16,18-19H,4,9-14H2,1-3H3. The Hall–Kier alpha value is -0.860. The van der Waals surface area contributed by atoms with Crippen molar-refractivity contribution in [1.82, 2.24) is 10.2 Å². The first kappa shape index (κ1) is 15.5. The number of benzene rings is 1. The molecule has 0 aliphatic heterocycles. The first-order valence-electron chi connectivity index (χ1n) is 8.19. The van der Waals surface area contributed by atoms with Crippen molar-refractivity contribution in [2.24, 2.45) is 5.92 Å². The average molecular weight is 274 g/mol. The van der Waals surface area contributed by atoms with E-state index in [-0.39, 0.29) is 0 Å². The molecule has 0 heterocycles. The van der Waals surface area contributed by atoms with Gasteiger partial charge in [-0.25, -0.2) is 0 Å². The van der Waals surface area contributed by atoms with Crippen LogP contribution in [-0.4, -0.2) is 31.6 Å². The average Bonchev–Trinajstić information content (AvgIpc) is 3.25. The Bertz CT molecular complexity index is 398. The van der Waals surface area contributed by atoms with E-state index in [1.54, 1.807) is 0 Å². The number of nitrogens with zero attached hydrogens (tertiary/aromatic N) is 1. The third-order valence-electron chi connectivity index (χ3n) is 4.40. The summed E-state index contributed by atoms with van der Waals surface area (Å²) in [5.74, 6) is 0.994. The summed E-state index contributed by atoms with van der Waals surface area (Å²) in [6.07, 6.45) is 5.37. The molecule has 0 radical (unpaired) electrons. The van der Waals surface area contributed by atoms with Crippen LogP contribution in [0.5, 0.6) is 0 Å². The second kappa shape index (κ2) is 7.80. The van der Waals surface area contributed by atoms with Crippen LogP contribution in [0.15, 0.2) is 24.3 Å². The zero-order valence-electron chi connectivity index (χ0n) is 13.4. The van der Waals surface area contributed by atoms with Gasteiger partial charge in [0.2, 0.25) is 0 Å². The number of hydrogen-bond donors (Lipinski definition) is 1. The van der Waals surface area contributed by atoms with E-state index in [1.165, 1.54) is 56.4 Å². The van der Waals surface area contributed by atoms with Gasteiger partial charge in [-0.1, -0.05) is 31.2 Å². The van der Waals surface area contributed by atoms with E-state index < -0.39 is 0 Å². The van der Waals surface area contributed by atoms with Gasteiger partial charge in [0.05, 0.1) is 0 Å². The quantitative estimate of drug-likeness (QED) is 0.737. The van der Waals surface area contributed by atoms with Crippen molar-refractivity contribution in [3.63, 3.8) is 0 Å². The number of aryl methyl sites for hydroxylation is 1. The van der Waals surface area contributed by atoms with Gasteiger partial charge in [0.15, 0.2) is 0 Å². The second-order valence-electron chi connectivity index (χ2n) is 6.23. The van der Waals surface area contributed by atoms with E-state index in [9.17, 15) is 0 Å². The van der Waals surface area contributed by atoms with Crippen LogP contribution in [0.1, 0.15) is 49.8 Å². The lowest BCUT2D eigenvalue weighted by Crippen LogP contribution is -2.31. The molecule has 1 unspecified atom stereocenters. The van der Waals surface area contributed by atoms with Crippen LogP contribution >= 0.6 is 0 Å². The van der Waals surface area contributed by atoms with Gasteiger partial charge < -0.3 is 10.2 Å². The molecule has 2 rings (SSSR count). The van der Waals surface area contributed by atoms with Gasteiger partial charge in [-0.3, -0.25) is 0 Å². The van der Waals surface area contributed by atoms with Gasteiger partial charge in [-0.05, 0) is 69.8 Å². The zero-order chi connectivity index (χ0) is 14.4. The Morgan fingerprint density at radius 1 is 1.25 bits per heavy atom. The lowest BCUT2D eigenvalue weighted by Gasteiger charge is -2.25. The number of nitrogens with one attached hydrogen (secondary N) is 1. The lowest BCUT2D eigenvalue weighted by molar-refractivity contribution is 0.249. The molecule has 0 saturated heterocycles. The molecule has 2 nitrogen and oxygen atoms in total. The van der Waals surface area contributed by atoms with Crippen molar-refractivity contribution >= 4 is 0 Å². The van der Waals surface area contributed by atoms with Crippen molar-refractivity contribution in [3.8, 4) is 0 Å². The molecule has 1 N–H and O–H groups in total. The molecule has 0 amide bonds. The van der Waals surface area contributed by atoms with Crippen molar-refractivity contribution < 1.29 is 0 Å². The summed E-state index contributed by atoms with van der Waals surface area (Å²) in [6.45, 7) is 8.29. The maximum atomic E-state index is 3.50. The first-order valence-corrected chi connectivity index (χ1v) is 8.19. The largest absolute Gasteiger partial charge is 0.313 e. The van der Waals surface area contributed by atoms with Crippen LogP contribution in [0.3, 0.4) is 0 Å². The molecule has 1 fully saturated rings. The lowest BCUT2D eigenvalue weighted by atomic mass is 9.98. The summed E-state index contributed by atoms with van der Waals surface area (Å²) in [5.41, 5.74) is 2.86. The Labute approximate surface area is 124 Å². The van der Waals surface area contributed by atoms with Crippen molar-refractivity contribution in [2.45, 2.75) is 45.6 Å². The van der Waals surface area contributed by atoms with Crippen LogP contribution < -0.4 is 5.32 Å². The molecule has 1 atom stereocenters. The van der Waals surface area contributed by atoms with Crippen LogP contribution in [0.2, 0.25) is 0 Å². The van der Waals surface area contributed by atoms with Crippen LogP contribution in [0.4, 0.5) is 0 Å². The molecule has 20 heavy (non-hydrogen) atoms. The second-order valence-corrected chi connectivity index (χ2v) is 6.23. The van der Waals surface area contributed by atoms with E-state index in [4.69, 9.17) is 0 Å². The minimum absolute atomic E-state index is 0.481. The summed E-state index contributed by atoms with van der Waals surface area (Å²) in [7, 11) is 2.09. The monoisotopic (exact) mass is 274 g/mol. The Balaban J connectivity index is 1.89.